The number of benzene rings is 1. The Morgan fingerprint density at radius 2 is 2.06 bits per heavy atom. The molecule has 96 valence electrons. The molecule has 5 nitrogen and oxygen atoms in total. The predicted molar refractivity (Wildman–Crippen MR) is 67.3 cm³/mol. The minimum absolute atomic E-state index is 0.0296. The largest absolute Gasteiger partial charge is 0.497 e. The second kappa shape index (κ2) is 5.10. The molecule has 0 unspecified atom stereocenters. The number of hydrogen-bond donors (Lipinski definition) is 1. The summed E-state index contributed by atoms with van der Waals surface area (Å²) in [5.41, 5.74) is 2.36. The van der Waals surface area contributed by atoms with Crippen LogP contribution in [0.25, 0.3) is 5.69 Å². The van der Waals surface area contributed by atoms with E-state index < -0.39 is 0 Å². The molecule has 0 aliphatic carbocycles. The summed E-state index contributed by atoms with van der Waals surface area (Å²) in [4.78, 5) is 0. The number of aliphatic hydroxyl groups excluding tert-OH is 1. The van der Waals surface area contributed by atoms with E-state index >= 15 is 0 Å². The number of aryl methyl sites for hydroxylation is 1. The molecule has 18 heavy (non-hydrogen) atoms. The third kappa shape index (κ3) is 2.17. The smallest absolute Gasteiger partial charge is 0.144 e. The molecule has 0 amide bonds. The van der Waals surface area contributed by atoms with Crippen molar-refractivity contribution in [2.24, 2.45) is 0 Å². The van der Waals surface area contributed by atoms with E-state index in [1.807, 2.05) is 25.1 Å². The molecule has 1 aromatic carbocycles. The fraction of sp³-hybridized carbons (Fsp3) is 0.308. The number of aliphatic hydroxyl groups is 1. The number of hydrogen-bond acceptors (Lipinski definition) is 4. The van der Waals surface area contributed by atoms with Crippen molar-refractivity contribution >= 4 is 0 Å². The zero-order valence-electron chi connectivity index (χ0n) is 10.7. The van der Waals surface area contributed by atoms with Gasteiger partial charge < -0.3 is 14.6 Å². The van der Waals surface area contributed by atoms with Crippen LogP contribution in [0.1, 0.15) is 11.3 Å². The van der Waals surface area contributed by atoms with Gasteiger partial charge in [-0.3, -0.25) is 0 Å². The van der Waals surface area contributed by atoms with Crippen molar-refractivity contribution in [3.8, 4) is 17.2 Å². The number of methoxy groups -OCH3 is 2. The van der Waals surface area contributed by atoms with E-state index in [4.69, 9.17) is 9.47 Å². The van der Waals surface area contributed by atoms with Crippen LogP contribution in [0, 0.1) is 6.92 Å². The van der Waals surface area contributed by atoms with Gasteiger partial charge in [0.15, 0.2) is 0 Å². The average molecular weight is 248 g/mol. The maximum Gasteiger partial charge on any atom is 0.144 e. The molecule has 2 rings (SSSR count). The molecular weight excluding hydrogens is 232 g/mol. The van der Waals surface area contributed by atoms with E-state index in [0.717, 1.165) is 22.7 Å². The highest BCUT2D eigenvalue weighted by molar-refractivity contribution is 5.51. The summed E-state index contributed by atoms with van der Waals surface area (Å²) in [5.74, 6) is 1.42. The van der Waals surface area contributed by atoms with Crippen molar-refractivity contribution < 1.29 is 14.6 Å². The number of rotatable bonds is 4. The first-order chi connectivity index (χ1) is 8.69. The molecule has 1 aromatic heterocycles. The van der Waals surface area contributed by atoms with Gasteiger partial charge in [-0.25, -0.2) is 4.68 Å². The van der Waals surface area contributed by atoms with Crippen LogP contribution in [0.15, 0.2) is 24.4 Å². The van der Waals surface area contributed by atoms with Gasteiger partial charge in [0.2, 0.25) is 0 Å². The predicted octanol–water partition coefficient (Wildman–Crippen LogP) is 1.69. The molecule has 0 atom stereocenters. The summed E-state index contributed by atoms with van der Waals surface area (Å²) < 4.78 is 12.2. The van der Waals surface area contributed by atoms with Crippen molar-refractivity contribution in [3.63, 3.8) is 0 Å². The molecule has 0 saturated heterocycles. The Labute approximate surface area is 106 Å². The fourth-order valence-corrected chi connectivity index (χ4v) is 1.75. The summed E-state index contributed by atoms with van der Waals surface area (Å²) in [5, 5.41) is 13.6. The topological polar surface area (TPSA) is 56.5 Å². The second-order valence-electron chi connectivity index (χ2n) is 3.88. The molecular formula is C13H16N2O3. The lowest BCUT2D eigenvalue weighted by Crippen LogP contribution is -1.99. The summed E-state index contributed by atoms with van der Waals surface area (Å²) in [6.45, 7) is 1.83. The lowest BCUT2D eigenvalue weighted by molar-refractivity contribution is 0.281. The van der Waals surface area contributed by atoms with Gasteiger partial charge in [0.05, 0.1) is 26.5 Å². The molecule has 0 spiro atoms. The molecule has 0 fully saturated rings. The maximum atomic E-state index is 9.20. The van der Waals surface area contributed by atoms with Crippen LogP contribution in [0.5, 0.6) is 11.5 Å². The van der Waals surface area contributed by atoms with Crippen LogP contribution in [0.2, 0.25) is 0 Å². The first kappa shape index (κ1) is 12.4. The van der Waals surface area contributed by atoms with E-state index in [0.29, 0.717) is 5.75 Å². The van der Waals surface area contributed by atoms with Crippen LogP contribution in [-0.4, -0.2) is 29.1 Å². The summed E-state index contributed by atoms with van der Waals surface area (Å²) in [6, 6.07) is 5.49. The quantitative estimate of drug-likeness (QED) is 0.894. The Bertz CT molecular complexity index is 549. The van der Waals surface area contributed by atoms with Crippen LogP contribution >= 0.6 is 0 Å². The van der Waals surface area contributed by atoms with E-state index in [9.17, 15) is 5.11 Å². The Morgan fingerprint density at radius 1 is 1.28 bits per heavy atom. The first-order valence-electron chi connectivity index (χ1n) is 5.58. The summed E-state index contributed by atoms with van der Waals surface area (Å²) in [6.07, 6.45) is 1.78. The van der Waals surface area contributed by atoms with Crippen molar-refractivity contribution in [2.45, 2.75) is 13.5 Å². The standard InChI is InChI=1S/C13H16N2O3/c1-9-10(8-16)7-15(14-9)12-6-11(17-2)4-5-13(12)18-3/h4-7,16H,8H2,1-3H3. The molecule has 0 aliphatic rings. The monoisotopic (exact) mass is 248 g/mol. The maximum absolute atomic E-state index is 9.20. The van der Waals surface area contributed by atoms with Gasteiger partial charge >= 0.3 is 0 Å². The van der Waals surface area contributed by atoms with Crippen molar-refractivity contribution in [1.82, 2.24) is 9.78 Å². The normalized spacial score (nSPS) is 10.4. The van der Waals surface area contributed by atoms with Crippen molar-refractivity contribution in [1.29, 1.82) is 0 Å². The number of ether oxygens (including phenoxy) is 2. The van der Waals surface area contributed by atoms with Crippen LogP contribution in [0.3, 0.4) is 0 Å². The van der Waals surface area contributed by atoms with E-state index in [1.54, 1.807) is 25.1 Å². The zero-order valence-corrected chi connectivity index (χ0v) is 10.7. The highest BCUT2D eigenvalue weighted by Crippen LogP contribution is 2.27. The highest BCUT2D eigenvalue weighted by Gasteiger charge is 2.11. The van der Waals surface area contributed by atoms with Gasteiger partial charge in [-0.1, -0.05) is 0 Å². The SMILES string of the molecule is COc1ccc(OC)c(-n2cc(CO)c(C)n2)c1. The molecule has 0 aliphatic heterocycles. The Morgan fingerprint density at radius 3 is 2.61 bits per heavy atom. The van der Waals surface area contributed by atoms with Gasteiger partial charge in [-0.05, 0) is 19.1 Å². The third-order valence-corrected chi connectivity index (χ3v) is 2.80. The molecule has 0 radical (unpaired) electrons. The van der Waals surface area contributed by atoms with Gasteiger partial charge in [0.1, 0.15) is 17.2 Å². The van der Waals surface area contributed by atoms with Crippen LogP contribution < -0.4 is 9.47 Å². The van der Waals surface area contributed by atoms with E-state index in [-0.39, 0.29) is 6.61 Å². The van der Waals surface area contributed by atoms with E-state index in [1.165, 1.54) is 0 Å². The Hall–Kier alpha value is -2.01. The minimum atomic E-state index is -0.0296. The Kier molecular flexibility index (Phi) is 3.53. The Balaban J connectivity index is 2.53. The van der Waals surface area contributed by atoms with Crippen LogP contribution in [-0.2, 0) is 6.61 Å². The van der Waals surface area contributed by atoms with E-state index in [2.05, 4.69) is 5.10 Å². The molecule has 0 bridgehead atoms. The van der Waals surface area contributed by atoms with Gasteiger partial charge in [0, 0.05) is 17.8 Å². The van der Waals surface area contributed by atoms with Gasteiger partial charge in [-0.15, -0.1) is 0 Å². The summed E-state index contributed by atoms with van der Waals surface area (Å²) >= 11 is 0. The molecule has 0 saturated carbocycles. The second-order valence-corrected chi connectivity index (χ2v) is 3.88. The fourth-order valence-electron chi connectivity index (χ4n) is 1.75. The van der Waals surface area contributed by atoms with Crippen molar-refractivity contribution in [2.75, 3.05) is 14.2 Å². The molecule has 1 heterocycles. The minimum Gasteiger partial charge on any atom is -0.497 e. The van der Waals surface area contributed by atoms with Gasteiger partial charge in [0.25, 0.3) is 0 Å². The summed E-state index contributed by atoms with van der Waals surface area (Å²) in [7, 11) is 3.22. The van der Waals surface area contributed by atoms with Crippen molar-refractivity contribution in [3.05, 3.63) is 35.7 Å². The number of aromatic nitrogens is 2. The lowest BCUT2D eigenvalue weighted by atomic mass is 10.2. The number of nitrogens with zero attached hydrogens (tertiary/aromatic N) is 2. The average Bonchev–Trinajstić information content (AvgIpc) is 2.79. The first-order valence-corrected chi connectivity index (χ1v) is 5.58. The molecule has 2 aromatic rings. The van der Waals surface area contributed by atoms with Gasteiger partial charge in [-0.2, -0.15) is 5.10 Å². The molecule has 1 N–H and O–H groups in total. The van der Waals surface area contributed by atoms with Crippen LogP contribution in [0.4, 0.5) is 0 Å². The third-order valence-electron chi connectivity index (χ3n) is 2.80. The highest BCUT2D eigenvalue weighted by atomic mass is 16.5. The zero-order chi connectivity index (χ0) is 13.1. The lowest BCUT2D eigenvalue weighted by Gasteiger charge is -2.10. The molecule has 5 heteroatoms.